The average molecular weight is 390 g/mol. The van der Waals surface area contributed by atoms with E-state index >= 15 is 0 Å². The van der Waals surface area contributed by atoms with Gasteiger partial charge in [0.05, 0.1) is 6.61 Å². The third kappa shape index (κ3) is 4.49. The van der Waals surface area contributed by atoms with Crippen LogP contribution in [0.2, 0.25) is 0 Å². The van der Waals surface area contributed by atoms with Crippen molar-refractivity contribution in [2.45, 2.75) is 13.8 Å². The van der Waals surface area contributed by atoms with Gasteiger partial charge < -0.3 is 24.3 Å². The predicted molar refractivity (Wildman–Crippen MR) is 101 cm³/mol. The number of hydrogen-bond donors (Lipinski definition) is 0. The lowest BCUT2D eigenvalue weighted by molar-refractivity contribution is -0.129. The van der Waals surface area contributed by atoms with Gasteiger partial charge in [0.25, 0.3) is 5.91 Å². The lowest BCUT2D eigenvalue weighted by Gasteiger charge is -2.35. The lowest BCUT2D eigenvalue weighted by Crippen LogP contribution is -2.51. The average Bonchev–Trinajstić information content (AvgIpc) is 2.73. The maximum atomic E-state index is 12.8. The highest BCUT2D eigenvalue weighted by molar-refractivity contribution is 5.93. The third-order valence-corrected chi connectivity index (χ3v) is 5.01. The fraction of sp³-hybridized carbons (Fsp3) is 0.611. The number of anilines is 1. The first-order valence-electron chi connectivity index (χ1n) is 9.53. The van der Waals surface area contributed by atoms with Crippen LogP contribution in [0.4, 0.5) is 10.6 Å². The molecule has 2 fully saturated rings. The van der Waals surface area contributed by atoms with Crippen LogP contribution in [0.1, 0.15) is 24.3 Å². The molecule has 152 valence electrons. The van der Waals surface area contributed by atoms with Crippen molar-refractivity contribution in [1.29, 1.82) is 0 Å². The van der Waals surface area contributed by atoms with Crippen molar-refractivity contribution in [3.63, 3.8) is 0 Å². The van der Waals surface area contributed by atoms with Crippen molar-refractivity contribution < 1.29 is 19.1 Å². The summed E-state index contributed by atoms with van der Waals surface area (Å²) in [7, 11) is 0. The third-order valence-electron chi connectivity index (χ3n) is 5.01. The highest BCUT2D eigenvalue weighted by Crippen LogP contribution is 2.16. The van der Waals surface area contributed by atoms with Gasteiger partial charge in [0.15, 0.2) is 0 Å². The van der Waals surface area contributed by atoms with Crippen LogP contribution in [0.5, 0.6) is 0 Å². The number of carbonyl (C=O) groups excluding carboxylic acids is 3. The number of amides is 3. The summed E-state index contributed by atoms with van der Waals surface area (Å²) in [4.78, 5) is 51.6. The van der Waals surface area contributed by atoms with Crippen molar-refractivity contribution in [3.05, 3.63) is 18.1 Å². The minimum absolute atomic E-state index is 0.0696. The van der Waals surface area contributed by atoms with Crippen molar-refractivity contribution in [1.82, 2.24) is 24.7 Å². The summed E-state index contributed by atoms with van der Waals surface area (Å²) in [6.45, 7) is 8.04. The Balaban J connectivity index is 1.59. The number of ether oxygens (including phenoxy) is 1. The van der Waals surface area contributed by atoms with Crippen molar-refractivity contribution in [2.75, 3.05) is 63.9 Å². The molecule has 0 spiro atoms. The van der Waals surface area contributed by atoms with E-state index < -0.39 is 0 Å². The molecule has 0 unspecified atom stereocenters. The molecule has 0 radical (unpaired) electrons. The van der Waals surface area contributed by atoms with Crippen LogP contribution >= 0.6 is 0 Å². The summed E-state index contributed by atoms with van der Waals surface area (Å²) in [5.74, 6) is 0.585. The molecule has 2 aliphatic heterocycles. The van der Waals surface area contributed by atoms with E-state index in [4.69, 9.17) is 4.74 Å². The second-order valence-electron chi connectivity index (χ2n) is 6.73. The van der Waals surface area contributed by atoms with Gasteiger partial charge in [0.2, 0.25) is 5.91 Å². The Kier molecular flexibility index (Phi) is 6.27. The number of hydrogen-bond acceptors (Lipinski definition) is 7. The van der Waals surface area contributed by atoms with Gasteiger partial charge >= 0.3 is 6.09 Å². The summed E-state index contributed by atoms with van der Waals surface area (Å²) in [5, 5.41) is 0. The first-order valence-corrected chi connectivity index (χ1v) is 9.53. The summed E-state index contributed by atoms with van der Waals surface area (Å²) < 4.78 is 5.00. The molecule has 2 saturated heterocycles. The predicted octanol–water partition coefficient (Wildman–Crippen LogP) is 0.0594. The van der Waals surface area contributed by atoms with Gasteiger partial charge in [-0.3, -0.25) is 9.59 Å². The van der Waals surface area contributed by atoms with Gasteiger partial charge in [-0.05, 0) is 6.92 Å². The van der Waals surface area contributed by atoms with Crippen LogP contribution in [0.3, 0.4) is 0 Å². The molecule has 1 aromatic heterocycles. The quantitative estimate of drug-likeness (QED) is 0.720. The van der Waals surface area contributed by atoms with Crippen molar-refractivity contribution in [3.8, 4) is 0 Å². The molecule has 3 heterocycles. The standard InChI is InChI=1S/C18H26N6O4/c1-3-28-18(27)24-10-8-23(9-11-24)17(26)15-12-16(20-13-19-15)22-6-4-21(5-7-22)14(2)25/h12-13H,3-11H2,1-2H3. The number of piperazine rings is 2. The maximum absolute atomic E-state index is 12.8. The summed E-state index contributed by atoms with van der Waals surface area (Å²) in [6, 6.07) is 1.70. The first kappa shape index (κ1) is 19.8. The van der Waals surface area contributed by atoms with Gasteiger partial charge in [-0.25, -0.2) is 14.8 Å². The molecule has 0 saturated carbocycles. The first-order chi connectivity index (χ1) is 13.5. The van der Waals surface area contributed by atoms with Crippen molar-refractivity contribution in [2.24, 2.45) is 0 Å². The van der Waals surface area contributed by atoms with Gasteiger partial charge in [0, 0.05) is 65.3 Å². The van der Waals surface area contributed by atoms with Crippen LogP contribution in [-0.2, 0) is 9.53 Å². The fourth-order valence-corrected chi connectivity index (χ4v) is 3.36. The molecule has 0 N–H and O–H groups in total. The van der Waals surface area contributed by atoms with Gasteiger partial charge in [0.1, 0.15) is 17.8 Å². The molecule has 1 aromatic rings. The number of nitrogens with zero attached hydrogens (tertiary/aromatic N) is 6. The van der Waals surface area contributed by atoms with Crippen LogP contribution in [0.15, 0.2) is 12.4 Å². The van der Waals surface area contributed by atoms with E-state index in [-0.39, 0.29) is 17.9 Å². The molecule has 2 aliphatic rings. The number of carbonyl (C=O) groups is 3. The van der Waals surface area contributed by atoms with Gasteiger partial charge in [-0.2, -0.15) is 0 Å². The maximum Gasteiger partial charge on any atom is 0.409 e. The Morgan fingerprint density at radius 3 is 2.14 bits per heavy atom. The molecule has 10 nitrogen and oxygen atoms in total. The second-order valence-corrected chi connectivity index (χ2v) is 6.73. The van der Waals surface area contributed by atoms with E-state index in [9.17, 15) is 14.4 Å². The van der Waals surface area contributed by atoms with Crippen molar-refractivity contribution >= 4 is 23.7 Å². The highest BCUT2D eigenvalue weighted by Gasteiger charge is 2.27. The second kappa shape index (κ2) is 8.85. The van der Waals surface area contributed by atoms with Crippen LogP contribution in [-0.4, -0.2) is 102 Å². The van der Waals surface area contributed by atoms with E-state index in [0.717, 1.165) is 0 Å². The zero-order chi connectivity index (χ0) is 20.1. The number of rotatable bonds is 3. The summed E-state index contributed by atoms with van der Waals surface area (Å²) >= 11 is 0. The zero-order valence-electron chi connectivity index (χ0n) is 16.3. The van der Waals surface area contributed by atoms with E-state index in [1.165, 1.54) is 6.33 Å². The Hall–Kier alpha value is -2.91. The Labute approximate surface area is 164 Å². The molecular formula is C18H26N6O4. The van der Waals surface area contributed by atoms with E-state index in [0.29, 0.717) is 70.5 Å². The zero-order valence-corrected chi connectivity index (χ0v) is 16.3. The molecule has 0 aliphatic carbocycles. The largest absolute Gasteiger partial charge is 0.450 e. The summed E-state index contributed by atoms with van der Waals surface area (Å²) in [6.07, 6.45) is 1.05. The van der Waals surface area contributed by atoms with E-state index in [1.807, 2.05) is 0 Å². The van der Waals surface area contributed by atoms with Gasteiger partial charge in [-0.1, -0.05) is 0 Å². The van der Waals surface area contributed by atoms with Gasteiger partial charge in [-0.15, -0.1) is 0 Å². The molecule has 28 heavy (non-hydrogen) atoms. The van der Waals surface area contributed by atoms with E-state index in [2.05, 4.69) is 14.9 Å². The fourth-order valence-electron chi connectivity index (χ4n) is 3.36. The lowest BCUT2D eigenvalue weighted by atomic mass is 10.2. The van der Waals surface area contributed by atoms with Crippen LogP contribution < -0.4 is 4.90 Å². The minimum Gasteiger partial charge on any atom is -0.450 e. The topological polar surface area (TPSA) is 99.2 Å². The Morgan fingerprint density at radius 1 is 0.929 bits per heavy atom. The number of aromatic nitrogens is 2. The Bertz CT molecular complexity index is 727. The normalized spacial score (nSPS) is 17.5. The molecule has 0 bridgehead atoms. The SMILES string of the molecule is CCOC(=O)N1CCN(C(=O)c2cc(N3CCN(C(C)=O)CC3)ncn2)CC1. The smallest absolute Gasteiger partial charge is 0.409 e. The monoisotopic (exact) mass is 390 g/mol. The van der Waals surface area contributed by atoms with Crippen LogP contribution in [0, 0.1) is 0 Å². The highest BCUT2D eigenvalue weighted by atomic mass is 16.6. The molecule has 3 amide bonds. The summed E-state index contributed by atoms with van der Waals surface area (Å²) in [5.41, 5.74) is 0.337. The van der Waals surface area contributed by atoms with E-state index in [1.54, 1.807) is 34.6 Å². The minimum atomic E-state index is -0.344. The molecule has 0 atom stereocenters. The van der Waals surface area contributed by atoms with Crippen LogP contribution in [0.25, 0.3) is 0 Å². The Morgan fingerprint density at radius 2 is 1.54 bits per heavy atom. The molecule has 10 heteroatoms. The molecule has 3 rings (SSSR count). The molecule has 0 aromatic carbocycles. The molecular weight excluding hydrogens is 364 g/mol.